The molecule has 1 aromatic rings. The van der Waals surface area contributed by atoms with E-state index >= 15 is 0 Å². The molecule has 0 amide bonds. The van der Waals surface area contributed by atoms with Crippen molar-refractivity contribution in [3.8, 4) is 0 Å². The summed E-state index contributed by atoms with van der Waals surface area (Å²) in [5, 5.41) is 0.327. The molecular formula is C22H35O5PS. The zero-order valence-electron chi connectivity index (χ0n) is 18.6. The molecule has 2 aliphatic carbocycles. The van der Waals surface area contributed by atoms with Crippen molar-refractivity contribution in [2.75, 3.05) is 0 Å². The third kappa shape index (κ3) is 4.16. The first kappa shape index (κ1) is 23.1. The Bertz CT molecular complexity index is 807. The second-order valence-corrected chi connectivity index (χ2v) is 12.7. The lowest BCUT2D eigenvalue weighted by Crippen LogP contribution is -2.37. The highest BCUT2D eigenvalue weighted by molar-refractivity contribution is 7.81. The molecule has 2 saturated carbocycles. The summed E-state index contributed by atoms with van der Waals surface area (Å²) >= 11 is -1.75. The Morgan fingerprint density at radius 3 is 2.14 bits per heavy atom. The van der Waals surface area contributed by atoms with Gasteiger partial charge in [-0.3, -0.25) is 8.75 Å². The largest absolute Gasteiger partial charge is 0.363 e. The highest BCUT2D eigenvalue weighted by Gasteiger charge is 2.62. The smallest absolute Gasteiger partial charge is 0.302 e. The molecule has 0 aliphatic heterocycles. The molecule has 2 aliphatic rings. The molecule has 4 atom stereocenters. The quantitative estimate of drug-likeness (QED) is 0.490. The summed E-state index contributed by atoms with van der Waals surface area (Å²) < 4.78 is 44.6. The SMILES string of the molecule is CC(C)OP(=O)(OC(C)C)c1ccccc1S(=O)O[C@@H]1C[C@@H]2CC[C@@]1(C)C2(C)C. The van der Waals surface area contributed by atoms with E-state index in [0.717, 1.165) is 12.8 Å². The summed E-state index contributed by atoms with van der Waals surface area (Å²) in [5.41, 5.74) is 0.160. The lowest BCUT2D eigenvalue weighted by molar-refractivity contribution is 0.0391. The van der Waals surface area contributed by atoms with E-state index in [-0.39, 0.29) is 29.1 Å². The van der Waals surface area contributed by atoms with Gasteiger partial charge in [0.05, 0.1) is 28.5 Å². The zero-order chi connectivity index (χ0) is 21.6. The zero-order valence-corrected chi connectivity index (χ0v) is 20.3. The Labute approximate surface area is 178 Å². The molecule has 0 radical (unpaired) electrons. The van der Waals surface area contributed by atoms with Crippen LogP contribution in [0.5, 0.6) is 0 Å². The summed E-state index contributed by atoms with van der Waals surface area (Å²) in [5.74, 6) is 0.587. The summed E-state index contributed by atoms with van der Waals surface area (Å²) in [4.78, 5) is 0.376. The van der Waals surface area contributed by atoms with Crippen LogP contribution in [0.3, 0.4) is 0 Å². The number of rotatable bonds is 8. The predicted octanol–water partition coefficient (Wildman–Crippen LogP) is 5.61. The van der Waals surface area contributed by atoms with Crippen LogP contribution in [0.25, 0.3) is 0 Å². The molecule has 0 saturated heterocycles. The van der Waals surface area contributed by atoms with Gasteiger partial charge in [0, 0.05) is 5.41 Å². The Kier molecular flexibility index (Phi) is 6.54. The molecule has 0 N–H and O–H groups in total. The van der Waals surface area contributed by atoms with Crippen LogP contribution in [0.4, 0.5) is 0 Å². The van der Waals surface area contributed by atoms with E-state index in [1.54, 1.807) is 24.3 Å². The molecule has 1 unspecified atom stereocenters. The summed E-state index contributed by atoms with van der Waals surface area (Å²) in [6.45, 7) is 14.1. The van der Waals surface area contributed by atoms with Crippen molar-refractivity contribution in [3.05, 3.63) is 24.3 Å². The predicted molar refractivity (Wildman–Crippen MR) is 117 cm³/mol. The normalized spacial score (nSPS) is 29.7. The second-order valence-electron chi connectivity index (χ2n) is 9.70. The molecule has 0 spiro atoms. The van der Waals surface area contributed by atoms with Crippen molar-refractivity contribution in [1.82, 2.24) is 0 Å². The van der Waals surface area contributed by atoms with E-state index in [2.05, 4.69) is 20.8 Å². The Morgan fingerprint density at radius 2 is 1.66 bits per heavy atom. The van der Waals surface area contributed by atoms with Gasteiger partial charge in [-0.15, -0.1) is 0 Å². The molecular weight excluding hydrogens is 407 g/mol. The lowest BCUT2D eigenvalue weighted by atomic mass is 9.70. The number of fused-ring (bicyclic) bond motifs is 2. The standard InChI is InChI=1S/C22H35O5PS/c1-15(2)25-28(23,26-16(3)4)18-10-8-9-11-19(18)29(24)27-20-14-17-12-13-22(20,7)21(17,5)6/h8-11,15-17,20H,12-14H2,1-7H3/t17-,20+,22+,29?/m0/s1. The maximum Gasteiger partial charge on any atom is 0.363 e. The van der Waals surface area contributed by atoms with Gasteiger partial charge >= 0.3 is 7.60 Å². The van der Waals surface area contributed by atoms with Crippen LogP contribution < -0.4 is 5.30 Å². The van der Waals surface area contributed by atoms with Crippen molar-refractivity contribution in [1.29, 1.82) is 0 Å². The van der Waals surface area contributed by atoms with Crippen LogP contribution in [0.1, 0.15) is 67.7 Å². The average Bonchev–Trinajstić information content (AvgIpc) is 2.93. The average molecular weight is 443 g/mol. The summed E-state index contributed by atoms with van der Waals surface area (Å²) in [6.07, 6.45) is 2.52. The minimum absolute atomic E-state index is 0.00513. The fourth-order valence-electron chi connectivity index (χ4n) is 4.95. The highest BCUT2D eigenvalue weighted by atomic mass is 32.2. The van der Waals surface area contributed by atoms with E-state index in [1.807, 2.05) is 27.7 Å². The van der Waals surface area contributed by atoms with Crippen LogP contribution >= 0.6 is 7.60 Å². The molecule has 164 valence electrons. The van der Waals surface area contributed by atoms with E-state index in [9.17, 15) is 8.77 Å². The van der Waals surface area contributed by atoms with Crippen LogP contribution in [-0.4, -0.2) is 22.5 Å². The summed E-state index contributed by atoms with van der Waals surface area (Å²) in [7, 11) is -3.65. The topological polar surface area (TPSA) is 61.8 Å². The molecule has 2 bridgehead atoms. The number of benzene rings is 1. The first-order chi connectivity index (χ1) is 13.4. The maximum absolute atomic E-state index is 13.7. The van der Waals surface area contributed by atoms with Crippen LogP contribution in [0, 0.1) is 16.7 Å². The third-order valence-electron chi connectivity index (χ3n) is 6.96. The van der Waals surface area contributed by atoms with Crippen molar-refractivity contribution in [3.63, 3.8) is 0 Å². The van der Waals surface area contributed by atoms with Crippen molar-refractivity contribution < 1.29 is 22.0 Å². The maximum atomic E-state index is 13.7. The van der Waals surface area contributed by atoms with E-state index in [0.29, 0.717) is 16.1 Å². The fourth-order valence-corrected chi connectivity index (χ4v) is 8.54. The minimum atomic E-state index is -3.65. The van der Waals surface area contributed by atoms with Gasteiger partial charge in [0.1, 0.15) is 0 Å². The molecule has 0 aromatic heterocycles. The number of hydrogen-bond acceptors (Lipinski definition) is 5. The molecule has 5 nitrogen and oxygen atoms in total. The Hall–Kier alpha value is -0.520. The Morgan fingerprint density at radius 1 is 1.07 bits per heavy atom. The van der Waals surface area contributed by atoms with Gasteiger partial charge < -0.3 is 9.05 Å². The van der Waals surface area contributed by atoms with Crippen LogP contribution in [0.2, 0.25) is 0 Å². The third-order valence-corrected chi connectivity index (χ3v) is 10.6. The van der Waals surface area contributed by atoms with E-state index in [4.69, 9.17) is 13.2 Å². The van der Waals surface area contributed by atoms with Crippen molar-refractivity contribution >= 4 is 24.0 Å². The second kappa shape index (κ2) is 8.20. The van der Waals surface area contributed by atoms with Gasteiger partial charge in [0.2, 0.25) is 0 Å². The monoisotopic (exact) mass is 442 g/mol. The summed E-state index contributed by atoms with van der Waals surface area (Å²) in [6, 6.07) is 6.92. The first-order valence-electron chi connectivity index (χ1n) is 10.6. The molecule has 3 rings (SSSR count). The van der Waals surface area contributed by atoms with Gasteiger partial charge in [0.25, 0.3) is 0 Å². The molecule has 29 heavy (non-hydrogen) atoms. The van der Waals surface area contributed by atoms with Gasteiger partial charge in [-0.2, -0.15) is 0 Å². The van der Waals surface area contributed by atoms with Gasteiger partial charge in [-0.25, -0.2) is 4.21 Å². The lowest BCUT2D eigenvalue weighted by Gasteiger charge is -2.38. The minimum Gasteiger partial charge on any atom is -0.302 e. The van der Waals surface area contributed by atoms with Crippen LogP contribution in [-0.2, 0) is 28.9 Å². The first-order valence-corrected chi connectivity index (χ1v) is 13.2. The molecule has 2 fully saturated rings. The molecule has 7 heteroatoms. The highest BCUT2D eigenvalue weighted by Crippen LogP contribution is 2.66. The Balaban J connectivity index is 1.91. The van der Waals surface area contributed by atoms with Crippen LogP contribution in [0.15, 0.2) is 29.2 Å². The molecule has 0 heterocycles. The van der Waals surface area contributed by atoms with E-state index in [1.165, 1.54) is 6.42 Å². The fraction of sp³-hybridized carbons (Fsp3) is 0.727. The van der Waals surface area contributed by atoms with Gasteiger partial charge in [-0.1, -0.05) is 32.9 Å². The van der Waals surface area contributed by atoms with E-state index < -0.39 is 18.7 Å². The van der Waals surface area contributed by atoms with Gasteiger partial charge in [-0.05, 0) is 70.4 Å². The number of hydrogen-bond donors (Lipinski definition) is 0. The van der Waals surface area contributed by atoms with Gasteiger partial charge in [0.15, 0.2) is 11.1 Å². The van der Waals surface area contributed by atoms with Crippen molar-refractivity contribution in [2.45, 2.75) is 90.9 Å². The van der Waals surface area contributed by atoms with Crippen molar-refractivity contribution in [2.24, 2.45) is 16.7 Å². The molecule has 1 aromatic carbocycles.